The number of nitriles is 1. The first kappa shape index (κ1) is 8.02. The maximum Gasteiger partial charge on any atom is 0.106 e. The summed E-state index contributed by atoms with van der Waals surface area (Å²) in [5, 5.41) is 8.37. The summed E-state index contributed by atoms with van der Waals surface area (Å²) >= 11 is 3.19. The number of aromatic nitrogens is 1. The minimum absolute atomic E-state index is 0.255. The first-order valence-electron chi connectivity index (χ1n) is 3.02. The fourth-order valence-electron chi connectivity index (χ4n) is 0.702. The molecule has 2 N–H and O–H groups in total. The second-order valence-electron chi connectivity index (χ2n) is 2.00. The molecular formula is C7H6BrN3. The van der Waals surface area contributed by atoms with Gasteiger partial charge in [-0.05, 0) is 28.1 Å². The molecule has 0 aromatic carbocycles. The number of anilines is 1. The standard InChI is InChI=1S/C7H6BrN3/c8-7-2-1-5(10)6(11-7)3-4-9/h1-2H,3,10H2. The third-order valence-corrected chi connectivity index (χ3v) is 1.66. The van der Waals surface area contributed by atoms with Crippen molar-refractivity contribution >= 4 is 21.6 Å². The van der Waals surface area contributed by atoms with E-state index in [1.807, 2.05) is 6.07 Å². The van der Waals surface area contributed by atoms with E-state index in [9.17, 15) is 0 Å². The molecule has 11 heavy (non-hydrogen) atoms. The lowest BCUT2D eigenvalue weighted by Gasteiger charge is -1.99. The molecule has 4 heteroatoms. The highest BCUT2D eigenvalue weighted by atomic mass is 79.9. The van der Waals surface area contributed by atoms with Crippen molar-refractivity contribution in [1.82, 2.24) is 4.98 Å². The van der Waals surface area contributed by atoms with Crippen molar-refractivity contribution < 1.29 is 0 Å². The molecule has 1 aromatic rings. The molecule has 1 aromatic heterocycles. The van der Waals surface area contributed by atoms with Gasteiger partial charge in [0.1, 0.15) is 4.60 Å². The maximum atomic E-state index is 8.37. The van der Waals surface area contributed by atoms with Gasteiger partial charge in [0.05, 0.1) is 23.9 Å². The van der Waals surface area contributed by atoms with E-state index >= 15 is 0 Å². The number of nitrogens with two attached hydrogens (primary N) is 1. The molecule has 0 fully saturated rings. The molecule has 1 rings (SSSR count). The van der Waals surface area contributed by atoms with E-state index in [1.54, 1.807) is 12.1 Å². The van der Waals surface area contributed by atoms with E-state index in [-0.39, 0.29) is 6.42 Å². The molecule has 0 amide bonds. The number of nitrogens with zero attached hydrogens (tertiary/aromatic N) is 2. The summed E-state index contributed by atoms with van der Waals surface area (Å²) in [6.45, 7) is 0. The fourth-order valence-corrected chi connectivity index (χ4v) is 1.05. The van der Waals surface area contributed by atoms with Gasteiger partial charge >= 0.3 is 0 Å². The van der Waals surface area contributed by atoms with Gasteiger partial charge in [0.15, 0.2) is 0 Å². The van der Waals surface area contributed by atoms with Gasteiger partial charge < -0.3 is 5.73 Å². The molecule has 56 valence electrons. The Labute approximate surface area is 73.0 Å². The van der Waals surface area contributed by atoms with Crippen molar-refractivity contribution in [2.75, 3.05) is 5.73 Å². The van der Waals surface area contributed by atoms with Crippen molar-refractivity contribution in [2.24, 2.45) is 0 Å². The van der Waals surface area contributed by atoms with Crippen molar-refractivity contribution in [3.8, 4) is 6.07 Å². The lowest BCUT2D eigenvalue weighted by Crippen LogP contribution is -1.96. The normalized spacial score (nSPS) is 9.09. The summed E-state index contributed by atoms with van der Waals surface area (Å²) in [7, 11) is 0. The molecule has 0 spiro atoms. The Kier molecular flexibility index (Phi) is 2.44. The second-order valence-corrected chi connectivity index (χ2v) is 2.82. The van der Waals surface area contributed by atoms with Crippen LogP contribution in [0.4, 0.5) is 5.69 Å². The number of hydrogen-bond donors (Lipinski definition) is 1. The van der Waals surface area contributed by atoms with Gasteiger partial charge in [-0.2, -0.15) is 5.26 Å². The van der Waals surface area contributed by atoms with E-state index in [1.165, 1.54) is 0 Å². The van der Waals surface area contributed by atoms with Crippen molar-refractivity contribution in [3.63, 3.8) is 0 Å². The Morgan fingerprint density at radius 1 is 1.64 bits per heavy atom. The summed E-state index contributed by atoms with van der Waals surface area (Å²) in [5.41, 5.74) is 6.73. The molecule has 0 bridgehead atoms. The summed E-state index contributed by atoms with van der Waals surface area (Å²) in [5.74, 6) is 0. The van der Waals surface area contributed by atoms with Crippen LogP contribution in [0, 0.1) is 11.3 Å². The molecule has 0 atom stereocenters. The SMILES string of the molecule is N#CCc1nc(Br)ccc1N. The van der Waals surface area contributed by atoms with Crippen LogP contribution in [0.2, 0.25) is 0 Å². The zero-order valence-electron chi connectivity index (χ0n) is 5.71. The topological polar surface area (TPSA) is 62.7 Å². The van der Waals surface area contributed by atoms with E-state index < -0.39 is 0 Å². The highest BCUT2D eigenvalue weighted by molar-refractivity contribution is 9.10. The summed E-state index contributed by atoms with van der Waals surface area (Å²) < 4.78 is 0.706. The monoisotopic (exact) mass is 211 g/mol. The van der Waals surface area contributed by atoms with Crippen LogP contribution in [-0.4, -0.2) is 4.98 Å². The summed E-state index contributed by atoms with van der Waals surface area (Å²) in [6, 6.07) is 5.46. The van der Waals surface area contributed by atoms with Crippen LogP contribution in [0.5, 0.6) is 0 Å². The zero-order valence-corrected chi connectivity index (χ0v) is 7.30. The molecule has 1 heterocycles. The van der Waals surface area contributed by atoms with Crippen LogP contribution in [0.3, 0.4) is 0 Å². The van der Waals surface area contributed by atoms with Crippen LogP contribution < -0.4 is 5.73 Å². The molecule has 0 saturated heterocycles. The molecule has 0 aliphatic carbocycles. The van der Waals surface area contributed by atoms with Gasteiger partial charge in [0.25, 0.3) is 0 Å². The number of halogens is 1. The van der Waals surface area contributed by atoms with Crippen LogP contribution >= 0.6 is 15.9 Å². The minimum atomic E-state index is 0.255. The van der Waals surface area contributed by atoms with E-state index in [0.29, 0.717) is 16.0 Å². The fraction of sp³-hybridized carbons (Fsp3) is 0.143. The Balaban J connectivity index is 3.05. The average Bonchev–Trinajstić information content (AvgIpc) is 1.98. The van der Waals surface area contributed by atoms with E-state index in [0.717, 1.165) is 0 Å². The molecule has 0 radical (unpaired) electrons. The lowest BCUT2D eigenvalue weighted by atomic mass is 10.2. The van der Waals surface area contributed by atoms with Gasteiger partial charge in [-0.15, -0.1) is 0 Å². The highest BCUT2D eigenvalue weighted by Crippen LogP contribution is 2.13. The Morgan fingerprint density at radius 2 is 2.36 bits per heavy atom. The van der Waals surface area contributed by atoms with Crippen molar-refractivity contribution in [1.29, 1.82) is 5.26 Å². The smallest absolute Gasteiger partial charge is 0.106 e. The minimum Gasteiger partial charge on any atom is -0.397 e. The Morgan fingerprint density at radius 3 is 3.00 bits per heavy atom. The maximum absolute atomic E-state index is 8.37. The van der Waals surface area contributed by atoms with E-state index in [4.69, 9.17) is 11.0 Å². The van der Waals surface area contributed by atoms with Crippen LogP contribution in [0.25, 0.3) is 0 Å². The molecule has 0 aliphatic heterocycles. The largest absolute Gasteiger partial charge is 0.397 e. The van der Waals surface area contributed by atoms with Crippen molar-refractivity contribution in [3.05, 3.63) is 22.4 Å². The Hall–Kier alpha value is -1.08. The Bertz CT molecular complexity index is 303. The van der Waals surface area contributed by atoms with Gasteiger partial charge in [0.2, 0.25) is 0 Å². The van der Waals surface area contributed by atoms with E-state index in [2.05, 4.69) is 20.9 Å². The summed E-state index contributed by atoms with van der Waals surface area (Å²) in [4.78, 5) is 4.03. The lowest BCUT2D eigenvalue weighted by molar-refractivity contribution is 1.10. The number of rotatable bonds is 1. The van der Waals surface area contributed by atoms with Crippen LogP contribution in [0.15, 0.2) is 16.7 Å². The molecule has 0 unspecified atom stereocenters. The first-order valence-corrected chi connectivity index (χ1v) is 3.81. The number of hydrogen-bond acceptors (Lipinski definition) is 3. The van der Waals surface area contributed by atoms with Crippen LogP contribution in [-0.2, 0) is 6.42 Å². The van der Waals surface area contributed by atoms with Gasteiger partial charge in [-0.3, -0.25) is 0 Å². The summed E-state index contributed by atoms with van der Waals surface area (Å²) in [6.07, 6.45) is 0.255. The molecule has 0 aliphatic rings. The molecular weight excluding hydrogens is 206 g/mol. The molecule has 3 nitrogen and oxygen atoms in total. The third-order valence-electron chi connectivity index (χ3n) is 1.22. The van der Waals surface area contributed by atoms with Crippen LogP contribution in [0.1, 0.15) is 5.69 Å². The predicted octanol–water partition coefficient (Wildman–Crippen LogP) is 1.49. The van der Waals surface area contributed by atoms with Gasteiger partial charge in [-0.25, -0.2) is 4.98 Å². The van der Waals surface area contributed by atoms with Gasteiger partial charge in [-0.1, -0.05) is 0 Å². The number of pyridine rings is 1. The first-order chi connectivity index (χ1) is 5.24. The second kappa shape index (κ2) is 3.35. The predicted molar refractivity (Wildman–Crippen MR) is 45.7 cm³/mol. The van der Waals surface area contributed by atoms with Crippen molar-refractivity contribution in [2.45, 2.75) is 6.42 Å². The average molecular weight is 212 g/mol. The highest BCUT2D eigenvalue weighted by Gasteiger charge is 1.99. The quantitative estimate of drug-likeness (QED) is 0.717. The third kappa shape index (κ3) is 1.92. The molecule has 0 saturated carbocycles. The number of nitrogen functional groups attached to an aromatic ring is 1. The van der Waals surface area contributed by atoms with Gasteiger partial charge in [0, 0.05) is 0 Å². The zero-order chi connectivity index (χ0) is 8.27.